The summed E-state index contributed by atoms with van der Waals surface area (Å²) in [6, 6.07) is 8.13. The van der Waals surface area contributed by atoms with Crippen LogP contribution in [0.15, 0.2) is 30.5 Å². The number of para-hydroxylation sites is 1. The molecule has 1 aromatic carbocycles. The molecule has 0 atom stereocenters. The maximum Gasteiger partial charge on any atom is 0.0969 e. The summed E-state index contributed by atoms with van der Waals surface area (Å²) in [5.74, 6) is 0. The van der Waals surface area contributed by atoms with Gasteiger partial charge in [-0.15, -0.1) is 5.10 Å². The third-order valence-corrected chi connectivity index (χ3v) is 3.29. The molecular formula is C12H15IN4. The molecule has 0 aliphatic rings. The lowest BCUT2D eigenvalue weighted by atomic mass is 10.3. The number of halogens is 1. The Bertz CT molecular complexity index is 481. The topological polar surface area (TPSA) is 42.7 Å². The van der Waals surface area contributed by atoms with Crippen LogP contribution in [-0.2, 0) is 6.54 Å². The standard InChI is InChI=1S/C12H15IN4/c1-2-7-14-8-10-9-17(16-15-10)12-6-4-3-5-11(12)13/h3-6,9,14H,2,7-8H2,1H3. The zero-order chi connectivity index (χ0) is 12.1. The molecule has 1 aromatic heterocycles. The lowest BCUT2D eigenvalue weighted by Gasteiger charge is -2.02. The SMILES string of the molecule is CCCNCc1cn(-c2ccccc2I)nn1. The first-order valence-corrected chi connectivity index (χ1v) is 6.76. The molecule has 0 bridgehead atoms. The molecule has 17 heavy (non-hydrogen) atoms. The number of benzene rings is 1. The zero-order valence-electron chi connectivity index (χ0n) is 9.73. The van der Waals surface area contributed by atoms with Crippen LogP contribution in [0.25, 0.3) is 5.69 Å². The predicted octanol–water partition coefficient (Wildman–Crippen LogP) is 2.37. The van der Waals surface area contributed by atoms with Gasteiger partial charge in [0.25, 0.3) is 0 Å². The van der Waals surface area contributed by atoms with Gasteiger partial charge in [0.1, 0.15) is 0 Å². The fourth-order valence-corrected chi connectivity index (χ4v) is 2.16. The van der Waals surface area contributed by atoms with E-state index >= 15 is 0 Å². The van der Waals surface area contributed by atoms with Crippen molar-refractivity contribution in [2.75, 3.05) is 6.54 Å². The normalized spacial score (nSPS) is 10.7. The average Bonchev–Trinajstić information content (AvgIpc) is 2.79. The Balaban J connectivity index is 2.10. The molecule has 90 valence electrons. The fourth-order valence-electron chi connectivity index (χ4n) is 1.53. The van der Waals surface area contributed by atoms with E-state index in [2.05, 4.69) is 51.2 Å². The Morgan fingerprint density at radius 3 is 2.94 bits per heavy atom. The maximum absolute atomic E-state index is 4.15. The van der Waals surface area contributed by atoms with Gasteiger partial charge in [-0.05, 0) is 47.7 Å². The lowest BCUT2D eigenvalue weighted by Crippen LogP contribution is -2.13. The summed E-state index contributed by atoms with van der Waals surface area (Å²) in [5.41, 5.74) is 2.04. The first-order chi connectivity index (χ1) is 8.31. The monoisotopic (exact) mass is 342 g/mol. The van der Waals surface area contributed by atoms with Gasteiger partial charge in [-0.1, -0.05) is 24.3 Å². The van der Waals surface area contributed by atoms with Crippen molar-refractivity contribution in [3.8, 4) is 5.69 Å². The van der Waals surface area contributed by atoms with Crippen LogP contribution < -0.4 is 5.32 Å². The molecule has 0 saturated carbocycles. The second-order valence-electron chi connectivity index (χ2n) is 3.78. The molecule has 2 aromatic rings. The van der Waals surface area contributed by atoms with Crippen LogP contribution >= 0.6 is 22.6 Å². The number of nitrogens with zero attached hydrogens (tertiary/aromatic N) is 3. The number of hydrogen-bond donors (Lipinski definition) is 1. The molecule has 0 spiro atoms. The lowest BCUT2D eigenvalue weighted by molar-refractivity contribution is 0.662. The first-order valence-electron chi connectivity index (χ1n) is 5.68. The summed E-state index contributed by atoms with van der Waals surface area (Å²) in [6.07, 6.45) is 3.10. The van der Waals surface area contributed by atoms with E-state index in [0.717, 1.165) is 30.9 Å². The van der Waals surface area contributed by atoms with Gasteiger partial charge in [-0.2, -0.15) is 0 Å². The highest BCUT2D eigenvalue weighted by Crippen LogP contribution is 2.15. The van der Waals surface area contributed by atoms with Crippen molar-refractivity contribution in [1.82, 2.24) is 20.3 Å². The van der Waals surface area contributed by atoms with Crippen molar-refractivity contribution in [3.63, 3.8) is 0 Å². The van der Waals surface area contributed by atoms with E-state index in [0.29, 0.717) is 0 Å². The van der Waals surface area contributed by atoms with Gasteiger partial charge >= 0.3 is 0 Å². The first kappa shape index (κ1) is 12.5. The highest BCUT2D eigenvalue weighted by atomic mass is 127. The van der Waals surface area contributed by atoms with E-state index in [4.69, 9.17) is 0 Å². The van der Waals surface area contributed by atoms with Crippen molar-refractivity contribution in [3.05, 3.63) is 39.7 Å². The van der Waals surface area contributed by atoms with Gasteiger partial charge in [0, 0.05) is 10.1 Å². The van der Waals surface area contributed by atoms with Crippen molar-refractivity contribution in [1.29, 1.82) is 0 Å². The smallest absolute Gasteiger partial charge is 0.0969 e. The quantitative estimate of drug-likeness (QED) is 0.670. The molecule has 0 amide bonds. The Labute approximate surface area is 115 Å². The van der Waals surface area contributed by atoms with Gasteiger partial charge in [0.05, 0.1) is 17.6 Å². The number of nitrogens with one attached hydrogen (secondary N) is 1. The minimum Gasteiger partial charge on any atom is -0.311 e. The molecular weight excluding hydrogens is 327 g/mol. The Morgan fingerprint density at radius 1 is 1.35 bits per heavy atom. The summed E-state index contributed by atoms with van der Waals surface area (Å²) in [6.45, 7) is 3.93. The van der Waals surface area contributed by atoms with E-state index in [1.165, 1.54) is 3.57 Å². The van der Waals surface area contributed by atoms with E-state index in [1.807, 2.05) is 29.1 Å². The molecule has 0 aliphatic heterocycles. The van der Waals surface area contributed by atoms with Crippen LogP contribution in [0.2, 0.25) is 0 Å². The van der Waals surface area contributed by atoms with Gasteiger partial charge in [-0.3, -0.25) is 0 Å². The van der Waals surface area contributed by atoms with E-state index in [9.17, 15) is 0 Å². The van der Waals surface area contributed by atoms with E-state index in [-0.39, 0.29) is 0 Å². The minimum absolute atomic E-state index is 0.775. The zero-order valence-corrected chi connectivity index (χ0v) is 11.9. The molecule has 1 heterocycles. The summed E-state index contributed by atoms with van der Waals surface area (Å²) in [4.78, 5) is 0. The molecule has 2 rings (SSSR count). The summed E-state index contributed by atoms with van der Waals surface area (Å²) in [7, 11) is 0. The Hall–Kier alpha value is -0.950. The molecule has 0 unspecified atom stereocenters. The van der Waals surface area contributed by atoms with Gasteiger partial charge in [0.2, 0.25) is 0 Å². The highest BCUT2D eigenvalue weighted by molar-refractivity contribution is 14.1. The molecule has 0 radical (unpaired) electrons. The Kier molecular flexibility index (Phi) is 4.49. The average molecular weight is 342 g/mol. The van der Waals surface area contributed by atoms with Crippen molar-refractivity contribution in [2.45, 2.75) is 19.9 Å². The fraction of sp³-hybridized carbons (Fsp3) is 0.333. The van der Waals surface area contributed by atoms with Crippen LogP contribution in [0.5, 0.6) is 0 Å². The van der Waals surface area contributed by atoms with Gasteiger partial charge in [0.15, 0.2) is 0 Å². The maximum atomic E-state index is 4.15. The molecule has 5 heteroatoms. The van der Waals surface area contributed by atoms with E-state index < -0.39 is 0 Å². The number of rotatable bonds is 5. The summed E-state index contributed by atoms with van der Waals surface area (Å²) in [5, 5.41) is 11.6. The second-order valence-corrected chi connectivity index (χ2v) is 4.94. The predicted molar refractivity (Wildman–Crippen MR) is 76.1 cm³/mol. The molecule has 1 N–H and O–H groups in total. The Morgan fingerprint density at radius 2 is 2.18 bits per heavy atom. The van der Waals surface area contributed by atoms with Crippen molar-refractivity contribution in [2.24, 2.45) is 0 Å². The largest absolute Gasteiger partial charge is 0.311 e. The van der Waals surface area contributed by atoms with Crippen LogP contribution in [0.1, 0.15) is 19.0 Å². The molecule has 0 aliphatic carbocycles. The van der Waals surface area contributed by atoms with E-state index in [1.54, 1.807) is 0 Å². The summed E-state index contributed by atoms with van der Waals surface area (Å²) < 4.78 is 2.99. The third-order valence-electron chi connectivity index (χ3n) is 2.37. The van der Waals surface area contributed by atoms with Crippen molar-refractivity contribution < 1.29 is 0 Å². The van der Waals surface area contributed by atoms with Gasteiger partial charge in [-0.25, -0.2) is 4.68 Å². The van der Waals surface area contributed by atoms with Crippen LogP contribution in [0.3, 0.4) is 0 Å². The summed E-state index contributed by atoms with van der Waals surface area (Å²) >= 11 is 2.30. The van der Waals surface area contributed by atoms with Crippen LogP contribution in [-0.4, -0.2) is 21.5 Å². The highest BCUT2D eigenvalue weighted by Gasteiger charge is 2.04. The number of aromatic nitrogens is 3. The molecule has 0 saturated heterocycles. The van der Waals surface area contributed by atoms with Crippen LogP contribution in [0, 0.1) is 3.57 Å². The molecule has 0 fully saturated rings. The minimum atomic E-state index is 0.775. The van der Waals surface area contributed by atoms with Gasteiger partial charge < -0.3 is 5.32 Å². The van der Waals surface area contributed by atoms with Crippen LogP contribution in [0.4, 0.5) is 0 Å². The molecule has 4 nitrogen and oxygen atoms in total. The number of hydrogen-bond acceptors (Lipinski definition) is 3. The third kappa shape index (κ3) is 3.26. The van der Waals surface area contributed by atoms with Crippen molar-refractivity contribution >= 4 is 22.6 Å². The second kappa shape index (κ2) is 6.11.